The monoisotopic (exact) mass is 361 g/mol. The number of aromatic nitrogens is 1. The number of benzene rings is 2. The molecule has 1 atom stereocenters. The molecule has 2 N–H and O–H groups in total. The van der Waals surface area contributed by atoms with E-state index in [0.717, 1.165) is 0 Å². The van der Waals surface area contributed by atoms with Crippen LogP contribution >= 0.6 is 11.6 Å². The van der Waals surface area contributed by atoms with Crippen LogP contribution in [0, 0.1) is 5.82 Å². The highest BCUT2D eigenvalue weighted by Crippen LogP contribution is 2.33. The summed E-state index contributed by atoms with van der Waals surface area (Å²) in [4.78, 5) is 25.7. The second-order valence-electron chi connectivity index (χ2n) is 5.46. The molecule has 2 aromatic carbocycles. The molecule has 0 aliphatic rings. The molecule has 0 amide bonds. The summed E-state index contributed by atoms with van der Waals surface area (Å²) in [6.45, 7) is 1.39. The number of pyridine rings is 1. The van der Waals surface area contributed by atoms with Crippen LogP contribution in [-0.4, -0.2) is 22.2 Å². The molecule has 0 saturated heterocycles. The van der Waals surface area contributed by atoms with E-state index >= 15 is 0 Å². The molecular formula is C18H13ClFNO4. The van der Waals surface area contributed by atoms with E-state index in [0.29, 0.717) is 21.9 Å². The largest absolute Gasteiger partial charge is 0.479 e. The van der Waals surface area contributed by atoms with Gasteiger partial charge in [0, 0.05) is 17.3 Å². The summed E-state index contributed by atoms with van der Waals surface area (Å²) in [6.07, 6.45) is 0.454. The van der Waals surface area contributed by atoms with Gasteiger partial charge in [0.2, 0.25) is 0 Å². The summed E-state index contributed by atoms with van der Waals surface area (Å²) in [5.41, 5.74) is 0.833. The van der Waals surface area contributed by atoms with E-state index in [1.54, 1.807) is 12.1 Å². The summed E-state index contributed by atoms with van der Waals surface area (Å²) < 4.78 is 18.6. The van der Waals surface area contributed by atoms with Crippen molar-refractivity contribution >= 4 is 28.3 Å². The number of fused-ring (bicyclic) bond motifs is 1. The molecule has 25 heavy (non-hydrogen) atoms. The molecular weight excluding hydrogens is 349 g/mol. The van der Waals surface area contributed by atoms with Gasteiger partial charge in [-0.05, 0) is 48.7 Å². The standard InChI is InChI=1S/C18H13ClFNO4/c1-9(18(23)24)25-11-3-5-12-14(7-11)17(22)21-8-15(12)13-4-2-10(20)6-16(13)19/h2-9H,1H3,(H,21,22)(H,23,24)/t9-/m1/s1. The highest BCUT2D eigenvalue weighted by molar-refractivity contribution is 6.33. The third-order valence-corrected chi connectivity index (χ3v) is 4.07. The van der Waals surface area contributed by atoms with Gasteiger partial charge in [-0.2, -0.15) is 0 Å². The first-order valence-corrected chi connectivity index (χ1v) is 7.75. The fourth-order valence-corrected chi connectivity index (χ4v) is 2.77. The van der Waals surface area contributed by atoms with E-state index in [-0.39, 0.29) is 16.3 Å². The first-order valence-electron chi connectivity index (χ1n) is 7.37. The van der Waals surface area contributed by atoms with Gasteiger partial charge in [0.15, 0.2) is 6.10 Å². The van der Waals surface area contributed by atoms with Gasteiger partial charge >= 0.3 is 5.97 Å². The van der Waals surface area contributed by atoms with E-state index in [1.807, 2.05) is 0 Å². The molecule has 0 saturated carbocycles. The Hall–Kier alpha value is -2.86. The van der Waals surface area contributed by atoms with Crippen LogP contribution in [0.4, 0.5) is 4.39 Å². The number of nitrogens with one attached hydrogen (secondary N) is 1. The second-order valence-corrected chi connectivity index (χ2v) is 5.87. The average molecular weight is 362 g/mol. The number of halogens is 2. The predicted octanol–water partition coefficient (Wildman–Crippen LogP) is 3.84. The van der Waals surface area contributed by atoms with Crippen LogP contribution in [0.15, 0.2) is 47.4 Å². The first-order chi connectivity index (χ1) is 11.9. The number of hydrogen-bond donors (Lipinski definition) is 2. The summed E-state index contributed by atoms with van der Waals surface area (Å²) in [5, 5.41) is 10.0. The summed E-state index contributed by atoms with van der Waals surface area (Å²) in [7, 11) is 0. The number of hydrogen-bond acceptors (Lipinski definition) is 3. The minimum absolute atomic E-state index is 0.216. The summed E-state index contributed by atoms with van der Waals surface area (Å²) in [6, 6.07) is 8.69. The molecule has 0 radical (unpaired) electrons. The lowest BCUT2D eigenvalue weighted by atomic mass is 10.0. The Bertz CT molecular complexity index is 1030. The van der Waals surface area contributed by atoms with Crippen molar-refractivity contribution in [2.45, 2.75) is 13.0 Å². The number of H-pyrrole nitrogens is 1. The number of rotatable bonds is 4. The Morgan fingerprint density at radius 2 is 1.96 bits per heavy atom. The third-order valence-electron chi connectivity index (χ3n) is 3.76. The Morgan fingerprint density at radius 1 is 1.20 bits per heavy atom. The maximum atomic E-state index is 13.3. The van der Waals surface area contributed by atoms with E-state index in [4.69, 9.17) is 21.4 Å². The van der Waals surface area contributed by atoms with Gasteiger partial charge in [-0.15, -0.1) is 0 Å². The fourth-order valence-electron chi connectivity index (χ4n) is 2.50. The fraction of sp³-hybridized carbons (Fsp3) is 0.111. The van der Waals surface area contributed by atoms with Gasteiger partial charge in [-0.3, -0.25) is 4.79 Å². The van der Waals surface area contributed by atoms with Crippen LogP contribution in [0.25, 0.3) is 21.9 Å². The molecule has 5 nitrogen and oxygen atoms in total. The third kappa shape index (κ3) is 3.34. The van der Waals surface area contributed by atoms with Crippen molar-refractivity contribution in [3.05, 3.63) is 63.8 Å². The lowest BCUT2D eigenvalue weighted by Gasteiger charge is -2.12. The van der Waals surface area contributed by atoms with Crippen LogP contribution in [0.1, 0.15) is 6.92 Å². The quantitative estimate of drug-likeness (QED) is 0.740. The van der Waals surface area contributed by atoms with Gasteiger partial charge in [-0.1, -0.05) is 11.6 Å². The van der Waals surface area contributed by atoms with Crippen molar-refractivity contribution < 1.29 is 19.0 Å². The zero-order chi connectivity index (χ0) is 18.1. The first kappa shape index (κ1) is 17.0. The molecule has 0 unspecified atom stereocenters. The SMILES string of the molecule is C[C@@H](Oc1ccc2c(-c3ccc(F)cc3Cl)c[nH]c(=O)c2c1)C(=O)O. The van der Waals surface area contributed by atoms with Crippen molar-refractivity contribution in [2.75, 3.05) is 0 Å². The second kappa shape index (κ2) is 6.57. The number of carboxylic acids is 1. The van der Waals surface area contributed by atoms with Crippen LogP contribution < -0.4 is 10.3 Å². The molecule has 0 bridgehead atoms. The molecule has 0 aliphatic carbocycles. The molecule has 1 aromatic heterocycles. The van der Waals surface area contributed by atoms with Gasteiger partial charge in [-0.25, -0.2) is 9.18 Å². The number of carboxylic acid groups (broad SMARTS) is 1. The molecule has 128 valence electrons. The minimum Gasteiger partial charge on any atom is -0.479 e. The van der Waals surface area contributed by atoms with Crippen LogP contribution in [0.5, 0.6) is 5.75 Å². The number of aromatic amines is 1. The van der Waals surface area contributed by atoms with Crippen molar-refractivity contribution in [1.29, 1.82) is 0 Å². The normalized spacial score (nSPS) is 12.1. The highest BCUT2D eigenvalue weighted by atomic mass is 35.5. The lowest BCUT2D eigenvalue weighted by Crippen LogP contribution is -2.22. The van der Waals surface area contributed by atoms with E-state index in [2.05, 4.69) is 4.98 Å². The minimum atomic E-state index is -1.11. The predicted molar refractivity (Wildman–Crippen MR) is 92.7 cm³/mol. The van der Waals surface area contributed by atoms with E-state index < -0.39 is 17.9 Å². The Kier molecular flexibility index (Phi) is 4.46. The van der Waals surface area contributed by atoms with Crippen molar-refractivity contribution in [3.63, 3.8) is 0 Å². The Morgan fingerprint density at radius 3 is 2.64 bits per heavy atom. The number of ether oxygens (including phenoxy) is 1. The van der Waals surface area contributed by atoms with Crippen molar-refractivity contribution in [2.24, 2.45) is 0 Å². The van der Waals surface area contributed by atoms with E-state index in [1.165, 1.54) is 37.4 Å². The van der Waals surface area contributed by atoms with Gasteiger partial charge in [0.05, 0.1) is 10.4 Å². The van der Waals surface area contributed by atoms with Crippen LogP contribution in [0.2, 0.25) is 5.02 Å². The van der Waals surface area contributed by atoms with E-state index in [9.17, 15) is 14.0 Å². The lowest BCUT2D eigenvalue weighted by molar-refractivity contribution is -0.144. The molecule has 0 spiro atoms. The Balaban J connectivity index is 2.15. The average Bonchev–Trinajstić information content (AvgIpc) is 2.56. The topological polar surface area (TPSA) is 79.4 Å². The molecule has 0 fully saturated rings. The maximum Gasteiger partial charge on any atom is 0.344 e. The van der Waals surface area contributed by atoms with Crippen LogP contribution in [-0.2, 0) is 4.79 Å². The molecule has 1 heterocycles. The smallest absolute Gasteiger partial charge is 0.344 e. The zero-order valence-corrected chi connectivity index (χ0v) is 13.8. The van der Waals surface area contributed by atoms with Gasteiger partial charge in [0.1, 0.15) is 11.6 Å². The summed E-state index contributed by atoms with van der Waals surface area (Å²) >= 11 is 6.12. The van der Waals surface area contributed by atoms with Crippen molar-refractivity contribution in [1.82, 2.24) is 4.98 Å². The van der Waals surface area contributed by atoms with Gasteiger partial charge < -0.3 is 14.8 Å². The number of aliphatic carboxylic acids is 1. The Labute approximate surface area is 146 Å². The molecule has 0 aliphatic heterocycles. The summed E-state index contributed by atoms with van der Waals surface area (Å²) in [5.74, 6) is -1.31. The molecule has 7 heteroatoms. The van der Waals surface area contributed by atoms with Crippen molar-refractivity contribution in [3.8, 4) is 16.9 Å². The highest BCUT2D eigenvalue weighted by Gasteiger charge is 2.15. The molecule has 3 rings (SSSR count). The maximum absolute atomic E-state index is 13.3. The van der Waals surface area contributed by atoms with Crippen LogP contribution in [0.3, 0.4) is 0 Å². The van der Waals surface area contributed by atoms with Gasteiger partial charge in [0.25, 0.3) is 5.56 Å². The zero-order valence-electron chi connectivity index (χ0n) is 13.0. The number of carbonyl (C=O) groups is 1. The molecule has 3 aromatic rings.